The van der Waals surface area contributed by atoms with Crippen LogP contribution in [0, 0.1) is 0 Å². The summed E-state index contributed by atoms with van der Waals surface area (Å²) >= 11 is 0. The van der Waals surface area contributed by atoms with E-state index in [1.54, 1.807) is 0 Å². The third kappa shape index (κ3) is 7.79. The first-order chi connectivity index (χ1) is 9.22. The molecule has 0 aromatic carbocycles. The van der Waals surface area contributed by atoms with E-state index in [0.717, 1.165) is 45.6 Å². The molecule has 0 aromatic heterocycles. The Bertz CT molecular complexity index is 278. The van der Waals surface area contributed by atoms with Gasteiger partial charge in [0.2, 0.25) is 11.8 Å². The number of hydrogen-bond acceptors (Lipinski definition) is 4. The van der Waals surface area contributed by atoms with Crippen molar-refractivity contribution in [1.82, 2.24) is 20.9 Å². The molecule has 6 nitrogen and oxygen atoms in total. The molecule has 0 atom stereocenters. The zero-order valence-electron chi connectivity index (χ0n) is 11.8. The minimum atomic E-state index is -0.107. The molecule has 0 unspecified atom stereocenters. The normalized spacial score (nSPS) is 16.1. The molecule has 19 heavy (non-hydrogen) atoms. The molecule has 0 saturated carbocycles. The molecular weight excluding hydrogens is 244 g/mol. The Morgan fingerprint density at radius 2 is 1.89 bits per heavy atom. The molecule has 2 amide bonds. The zero-order valence-corrected chi connectivity index (χ0v) is 11.8. The van der Waals surface area contributed by atoms with Crippen molar-refractivity contribution in [3.63, 3.8) is 0 Å². The Morgan fingerprint density at radius 3 is 2.58 bits per heavy atom. The Hall–Kier alpha value is -1.14. The van der Waals surface area contributed by atoms with Crippen LogP contribution in [-0.4, -0.2) is 62.5 Å². The summed E-state index contributed by atoms with van der Waals surface area (Å²) < 4.78 is 0. The molecule has 1 heterocycles. The number of nitrogens with one attached hydrogen (secondary N) is 3. The summed E-state index contributed by atoms with van der Waals surface area (Å²) in [5.74, 6) is -0.164. The highest BCUT2D eigenvalue weighted by Gasteiger charge is 2.09. The average Bonchev–Trinajstić information content (AvgIpc) is 2.43. The van der Waals surface area contributed by atoms with Crippen molar-refractivity contribution in [3.05, 3.63) is 0 Å². The minimum absolute atomic E-state index is 0.0570. The van der Waals surface area contributed by atoms with Crippen LogP contribution in [0.1, 0.15) is 26.2 Å². The molecular formula is C13H26N4O2. The maximum atomic E-state index is 11.5. The molecule has 0 aromatic rings. The molecule has 1 aliphatic heterocycles. The van der Waals surface area contributed by atoms with Gasteiger partial charge in [0.25, 0.3) is 0 Å². The molecule has 1 saturated heterocycles. The fourth-order valence-corrected chi connectivity index (χ4v) is 2.02. The van der Waals surface area contributed by atoms with Crippen molar-refractivity contribution in [2.75, 3.05) is 45.8 Å². The van der Waals surface area contributed by atoms with Crippen molar-refractivity contribution < 1.29 is 9.59 Å². The number of hydrogen-bond donors (Lipinski definition) is 3. The lowest BCUT2D eigenvalue weighted by atomic mass is 10.3. The molecule has 1 rings (SSSR count). The van der Waals surface area contributed by atoms with E-state index >= 15 is 0 Å². The van der Waals surface area contributed by atoms with Crippen LogP contribution in [-0.2, 0) is 9.59 Å². The molecule has 3 N–H and O–H groups in total. The number of amides is 2. The van der Waals surface area contributed by atoms with Gasteiger partial charge in [0, 0.05) is 39.1 Å². The molecule has 1 aliphatic rings. The summed E-state index contributed by atoms with van der Waals surface area (Å²) in [6.45, 7) is 7.99. The van der Waals surface area contributed by atoms with Gasteiger partial charge >= 0.3 is 0 Å². The number of nitrogens with zero attached hydrogens (tertiary/aromatic N) is 1. The van der Waals surface area contributed by atoms with Crippen LogP contribution < -0.4 is 16.0 Å². The van der Waals surface area contributed by atoms with E-state index in [2.05, 4.69) is 20.9 Å². The van der Waals surface area contributed by atoms with Crippen molar-refractivity contribution in [3.8, 4) is 0 Å². The van der Waals surface area contributed by atoms with Crippen molar-refractivity contribution in [2.45, 2.75) is 26.2 Å². The predicted octanol–water partition coefficient (Wildman–Crippen LogP) is -0.686. The van der Waals surface area contributed by atoms with Crippen LogP contribution in [0.2, 0.25) is 0 Å². The lowest BCUT2D eigenvalue weighted by molar-refractivity contribution is -0.126. The van der Waals surface area contributed by atoms with Gasteiger partial charge in [-0.1, -0.05) is 6.92 Å². The first kappa shape index (κ1) is 15.9. The van der Waals surface area contributed by atoms with Gasteiger partial charge in [-0.2, -0.15) is 0 Å². The van der Waals surface area contributed by atoms with E-state index in [1.165, 1.54) is 0 Å². The van der Waals surface area contributed by atoms with Gasteiger partial charge in [-0.3, -0.25) is 9.59 Å². The van der Waals surface area contributed by atoms with Gasteiger partial charge in [0.05, 0.1) is 6.54 Å². The fourth-order valence-electron chi connectivity index (χ4n) is 2.02. The van der Waals surface area contributed by atoms with Crippen LogP contribution in [0.4, 0.5) is 0 Å². The Balaban J connectivity index is 1.96. The lowest BCUT2D eigenvalue weighted by Crippen LogP contribution is -2.44. The second-order valence-corrected chi connectivity index (χ2v) is 4.82. The van der Waals surface area contributed by atoms with Crippen molar-refractivity contribution >= 4 is 11.8 Å². The van der Waals surface area contributed by atoms with Gasteiger partial charge in [-0.25, -0.2) is 0 Å². The number of carbonyl (C=O) groups is 2. The number of carbonyl (C=O) groups excluding carboxylic acids is 2. The summed E-state index contributed by atoms with van der Waals surface area (Å²) in [6, 6.07) is 0. The third-order valence-electron chi connectivity index (χ3n) is 3.11. The molecule has 6 heteroatoms. The highest BCUT2D eigenvalue weighted by Crippen LogP contribution is 1.93. The second kappa shape index (κ2) is 9.75. The zero-order chi connectivity index (χ0) is 13.9. The van der Waals surface area contributed by atoms with Gasteiger partial charge in [0.15, 0.2) is 0 Å². The first-order valence-corrected chi connectivity index (χ1v) is 7.19. The van der Waals surface area contributed by atoms with Gasteiger partial charge in [0.1, 0.15) is 0 Å². The van der Waals surface area contributed by atoms with E-state index < -0.39 is 0 Å². The summed E-state index contributed by atoms with van der Waals surface area (Å²) in [4.78, 5) is 25.0. The fraction of sp³-hybridized carbons (Fsp3) is 0.846. The molecule has 0 radical (unpaired) electrons. The first-order valence-electron chi connectivity index (χ1n) is 7.19. The average molecular weight is 270 g/mol. The molecule has 1 fully saturated rings. The summed E-state index contributed by atoms with van der Waals surface area (Å²) in [5.41, 5.74) is 0. The van der Waals surface area contributed by atoms with Crippen molar-refractivity contribution in [2.24, 2.45) is 0 Å². The maximum Gasteiger partial charge on any atom is 0.239 e. The van der Waals surface area contributed by atoms with E-state index in [-0.39, 0.29) is 18.4 Å². The number of rotatable bonds is 8. The van der Waals surface area contributed by atoms with Crippen molar-refractivity contribution in [1.29, 1.82) is 0 Å². The van der Waals surface area contributed by atoms with Gasteiger partial charge in [-0.15, -0.1) is 0 Å². The summed E-state index contributed by atoms with van der Waals surface area (Å²) in [7, 11) is 0. The van der Waals surface area contributed by atoms with Crippen LogP contribution in [0.5, 0.6) is 0 Å². The molecule has 0 aliphatic carbocycles. The highest BCUT2D eigenvalue weighted by molar-refractivity contribution is 5.84. The summed E-state index contributed by atoms with van der Waals surface area (Å²) in [5, 5.41) is 8.74. The quantitative estimate of drug-likeness (QED) is 0.511. The van der Waals surface area contributed by atoms with E-state index in [9.17, 15) is 9.59 Å². The van der Waals surface area contributed by atoms with Crippen LogP contribution in [0.3, 0.4) is 0 Å². The van der Waals surface area contributed by atoms with Crippen LogP contribution >= 0.6 is 0 Å². The lowest BCUT2D eigenvalue weighted by Gasteiger charge is -2.27. The Labute approximate surface area is 115 Å². The topological polar surface area (TPSA) is 73.5 Å². The van der Waals surface area contributed by atoms with Crippen LogP contribution in [0.15, 0.2) is 0 Å². The van der Waals surface area contributed by atoms with Gasteiger partial charge in [-0.05, 0) is 19.4 Å². The predicted molar refractivity (Wildman–Crippen MR) is 74.9 cm³/mol. The smallest absolute Gasteiger partial charge is 0.239 e. The van der Waals surface area contributed by atoms with Crippen LogP contribution in [0.25, 0.3) is 0 Å². The second-order valence-electron chi connectivity index (χ2n) is 4.82. The largest absolute Gasteiger partial charge is 0.355 e. The number of piperazine rings is 1. The van der Waals surface area contributed by atoms with E-state index in [1.807, 2.05) is 6.92 Å². The Kier molecular flexibility index (Phi) is 8.16. The van der Waals surface area contributed by atoms with E-state index in [0.29, 0.717) is 13.0 Å². The molecule has 0 spiro atoms. The van der Waals surface area contributed by atoms with E-state index in [4.69, 9.17) is 0 Å². The maximum absolute atomic E-state index is 11.5. The molecule has 0 bridgehead atoms. The Morgan fingerprint density at radius 1 is 1.16 bits per heavy atom. The molecule has 110 valence electrons. The SMILES string of the molecule is CCCC(=O)NCC(=O)NCCCN1CCNCC1. The summed E-state index contributed by atoms with van der Waals surface area (Å²) in [6.07, 6.45) is 2.24. The minimum Gasteiger partial charge on any atom is -0.355 e. The van der Waals surface area contributed by atoms with Gasteiger partial charge < -0.3 is 20.9 Å². The standard InChI is InChI=1S/C13H26N4O2/c1-2-4-12(18)16-11-13(19)15-5-3-8-17-9-6-14-7-10-17/h14H,2-11H2,1H3,(H,15,19)(H,16,18). The third-order valence-corrected chi connectivity index (χ3v) is 3.11. The highest BCUT2D eigenvalue weighted by atomic mass is 16.2. The monoisotopic (exact) mass is 270 g/mol.